The van der Waals surface area contributed by atoms with E-state index < -0.39 is 0 Å². The number of hydrogen-bond acceptors (Lipinski definition) is 7. The molecule has 39 heavy (non-hydrogen) atoms. The van der Waals surface area contributed by atoms with Crippen molar-refractivity contribution < 1.29 is 19.0 Å². The van der Waals surface area contributed by atoms with E-state index in [0.717, 1.165) is 50.1 Å². The topological polar surface area (TPSA) is 77.0 Å². The number of aromatic nitrogens is 2. The Labute approximate surface area is 230 Å². The molecular weight excluding hydrogens is 492 g/mol. The molecule has 2 aliphatic rings. The van der Waals surface area contributed by atoms with E-state index in [2.05, 4.69) is 34.8 Å². The molecule has 0 radical (unpaired) electrons. The van der Waals surface area contributed by atoms with Crippen molar-refractivity contribution in [3.05, 3.63) is 72.1 Å². The third-order valence-electron chi connectivity index (χ3n) is 7.66. The second-order valence-electron chi connectivity index (χ2n) is 11.2. The fourth-order valence-corrected chi connectivity index (χ4v) is 5.38. The normalized spacial score (nSPS) is 18.7. The van der Waals surface area contributed by atoms with Crippen molar-refractivity contribution in [2.75, 3.05) is 33.4 Å². The molecule has 0 aliphatic carbocycles. The largest absolute Gasteiger partial charge is 0.489 e. The van der Waals surface area contributed by atoms with Gasteiger partial charge in [0.25, 0.3) is 5.91 Å². The Kier molecular flexibility index (Phi) is 8.31. The number of hydrogen-bond donors (Lipinski definition) is 0. The fraction of sp³-hybridized carbons (Fsp3) is 0.452. The Bertz CT molecular complexity index is 1270. The molecule has 2 aliphatic heterocycles. The zero-order valence-electron chi connectivity index (χ0n) is 23.1. The second kappa shape index (κ2) is 12.0. The number of carbonyl (C=O) groups is 1. The third-order valence-corrected chi connectivity index (χ3v) is 7.66. The first-order valence-electron chi connectivity index (χ1n) is 13.8. The molecule has 0 bridgehead atoms. The van der Waals surface area contributed by atoms with E-state index in [-0.39, 0.29) is 11.3 Å². The maximum atomic E-state index is 13.2. The first-order chi connectivity index (χ1) is 18.9. The predicted octanol–water partition coefficient (Wildman–Crippen LogP) is 5.58. The van der Waals surface area contributed by atoms with Gasteiger partial charge in [0.2, 0.25) is 11.8 Å². The summed E-state index contributed by atoms with van der Waals surface area (Å²) in [5, 5.41) is 0. The Morgan fingerprint density at radius 1 is 1.00 bits per heavy atom. The van der Waals surface area contributed by atoms with Crippen molar-refractivity contribution in [2.24, 2.45) is 5.41 Å². The van der Waals surface area contributed by atoms with E-state index in [0.29, 0.717) is 48.8 Å². The summed E-state index contributed by atoms with van der Waals surface area (Å²) >= 11 is 0. The smallest absolute Gasteiger partial charge is 0.254 e. The van der Waals surface area contributed by atoms with E-state index in [1.165, 1.54) is 0 Å². The average molecular weight is 531 g/mol. The highest BCUT2D eigenvalue weighted by Crippen LogP contribution is 2.35. The van der Waals surface area contributed by atoms with Gasteiger partial charge in [-0.1, -0.05) is 32.0 Å². The number of likely N-dealkylation sites (tertiary alicyclic amines) is 1. The van der Waals surface area contributed by atoms with Crippen LogP contribution in [0.15, 0.2) is 60.9 Å². The molecule has 1 aromatic carbocycles. The number of piperidine rings is 1. The van der Waals surface area contributed by atoms with Gasteiger partial charge in [0.1, 0.15) is 0 Å². The van der Waals surface area contributed by atoms with Crippen molar-refractivity contribution in [1.29, 1.82) is 0 Å². The first kappa shape index (κ1) is 26.9. The molecule has 0 atom stereocenters. The van der Waals surface area contributed by atoms with Gasteiger partial charge in [-0.15, -0.1) is 0 Å². The zero-order valence-corrected chi connectivity index (χ0v) is 23.1. The molecule has 0 N–H and O–H groups in total. The van der Waals surface area contributed by atoms with Gasteiger partial charge in [-0.3, -0.25) is 9.69 Å². The lowest BCUT2D eigenvalue weighted by Gasteiger charge is -2.39. The van der Waals surface area contributed by atoms with E-state index in [9.17, 15) is 4.79 Å². The number of nitrogens with zero attached hydrogens (tertiary/aromatic N) is 4. The highest BCUT2D eigenvalue weighted by atomic mass is 16.5. The maximum Gasteiger partial charge on any atom is 0.254 e. The Morgan fingerprint density at radius 2 is 1.79 bits per heavy atom. The van der Waals surface area contributed by atoms with Gasteiger partial charge in [0.15, 0.2) is 11.5 Å². The fourth-order valence-electron chi connectivity index (χ4n) is 5.38. The van der Waals surface area contributed by atoms with Crippen LogP contribution < -0.4 is 14.2 Å². The monoisotopic (exact) mass is 530 g/mol. The van der Waals surface area contributed by atoms with Gasteiger partial charge in [-0.2, -0.15) is 0 Å². The number of ether oxygens (including phenoxy) is 3. The van der Waals surface area contributed by atoms with Crippen LogP contribution in [0.3, 0.4) is 0 Å². The summed E-state index contributed by atoms with van der Waals surface area (Å²) in [6, 6.07) is 15.7. The van der Waals surface area contributed by atoms with Crippen LogP contribution in [-0.2, 0) is 6.54 Å². The van der Waals surface area contributed by atoms with Gasteiger partial charge < -0.3 is 19.1 Å². The minimum absolute atomic E-state index is 0.0271. The molecular formula is C31H38N4O4. The lowest BCUT2D eigenvalue weighted by atomic mass is 9.88. The molecule has 2 aromatic heterocycles. The van der Waals surface area contributed by atoms with Crippen LogP contribution in [0.4, 0.5) is 0 Å². The Balaban J connectivity index is 1.33. The van der Waals surface area contributed by atoms with Gasteiger partial charge >= 0.3 is 0 Å². The third kappa shape index (κ3) is 6.68. The van der Waals surface area contributed by atoms with E-state index >= 15 is 0 Å². The summed E-state index contributed by atoms with van der Waals surface area (Å²) in [5.74, 6) is 2.51. The molecule has 1 fully saturated rings. The zero-order chi connectivity index (χ0) is 27.2. The lowest BCUT2D eigenvalue weighted by molar-refractivity contribution is 0.0594. The van der Waals surface area contributed by atoms with Gasteiger partial charge in [-0.25, -0.2) is 9.97 Å². The number of benzene rings is 1. The molecule has 1 amide bonds. The SMILES string of the molecule is COc1cc(C(=O)N2CCC(N3CCCC(C)(C)COc4ccccc4Oc4ncccc4C3)CC2)ccn1. The van der Waals surface area contributed by atoms with Crippen molar-refractivity contribution >= 4 is 5.91 Å². The van der Waals surface area contributed by atoms with Gasteiger partial charge in [0.05, 0.1) is 13.7 Å². The van der Waals surface area contributed by atoms with Crippen LogP contribution in [0.1, 0.15) is 55.5 Å². The molecule has 206 valence electrons. The molecule has 0 saturated carbocycles. The first-order valence-corrected chi connectivity index (χ1v) is 13.8. The number of pyridine rings is 2. The number of methoxy groups -OCH3 is 1. The van der Waals surface area contributed by atoms with E-state index in [4.69, 9.17) is 14.2 Å². The summed E-state index contributed by atoms with van der Waals surface area (Å²) in [4.78, 5) is 26.4. The summed E-state index contributed by atoms with van der Waals surface area (Å²) in [5.41, 5.74) is 1.69. The highest BCUT2D eigenvalue weighted by Gasteiger charge is 2.29. The quantitative estimate of drug-likeness (QED) is 0.437. The number of fused-ring (bicyclic) bond motifs is 2. The highest BCUT2D eigenvalue weighted by molar-refractivity contribution is 5.94. The van der Waals surface area contributed by atoms with Crippen LogP contribution in [0.2, 0.25) is 0 Å². The molecule has 1 saturated heterocycles. The van der Waals surface area contributed by atoms with Crippen LogP contribution >= 0.6 is 0 Å². The maximum absolute atomic E-state index is 13.2. The van der Waals surface area contributed by atoms with Crippen LogP contribution in [0.25, 0.3) is 0 Å². The predicted molar refractivity (Wildman–Crippen MR) is 149 cm³/mol. The van der Waals surface area contributed by atoms with Gasteiger partial charge in [0, 0.05) is 55.3 Å². The summed E-state index contributed by atoms with van der Waals surface area (Å²) in [6.45, 7) is 8.27. The summed E-state index contributed by atoms with van der Waals surface area (Å²) < 4.78 is 17.8. The van der Waals surface area contributed by atoms with Crippen LogP contribution in [-0.4, -0.2) is 65.1 Å². The Morgan fingerprint density at radius 3 is 2.59 bits per heavy atom. The molecule has 0 unspecified atom stereocenters. The summed E-state index contributed by atoms with van der Waals surface area (Å²) in [7, 11) is 1.56. The minimum Gasteiger partial charge on any atom is -0.489 e. The van der Waals surface area contributed by atoms with Crippen LogP contribution in [0.5, 0.6) is 23.3 Å². The molecule has 3 aromatic rings. The van der Waals surface area contributed by atoms with Crippen molar-refractivity contribution in [3.8, 4) is 23.3 Å². The molecule has 8 heteroatoms. The molecule has 5 rings (SSSR count). The van der Waals surface area contributed by atoms with Crippen LogP contribution in [0, 0.1) is 5.41 Å². The van der Waals surface area contributed by atoms with Crippen molar-refractivity contribution in [2.45, 2.75) is 52.1 Å². The number of carbonyl (C=O) groups excluding carboxylic acids is 1. The minimum atomic E-state index is 0.0271. The van der Waals surface area contributed by atoms with Crippen molar-refractivity contribution in [3.63, 3.8) is 0 Å². The summed E-state index contributed by atoms with van der Waals surface area (Å²) in [6.07, 6.45) is 7.33. The number of para-hydroxylation sites is 2. The molecule has 0 spiro atoms. The standard InChI is InChI=1S/C31H38N4O4/c1-31(2)14-7-17-35(25-12-18-34(19-13-25)30(36)23-11-16-32-28(20-23)37-3)21-24-8-6-15-33-29(24)39-27-10-5-4-9-26(27)38-22-31/h4-6,8-11,15-16,20,25H,7,12-14,17-19,21-22H2,1-3H3. The number of rotatable bonds is 3. The lowest BCUT2D eigenvalue weighted by Crippen LogP contribution is -2.47. The molecule has 8 nitrogen and oxygen atoms in total. The Hall–Kier alpha value is -3.65. The van der Waals surface area contributed by atoms with E-state index in [1.807, 2.05) is 35.2 Å². The average Bonchev–Trinajstić information content (AvgIpc) is 2.97. The molecule has 4 heterocycles. The van der Waals surface area contributed by atoms with Gasteiger partial charge in [-0.05, 0) is 61.9 Å². The number of amides is 1. The van der Waals surface area contributed by atoms with Crippen molar-refractivity contribution in [1.82, 2.24) is 19.8 Å². The second-order valence-corrected chi connectivity index (χ2v) is 11.2. The van der Waals surface area contributed by atoms with E-state index in [1.54, 1.807) is 31.6 Å².